The summed E-state index contributed by atoms with van der Waals surface area (Å²) in [7, 11) is 1.60. The van der Waals surface area contributed by atoms with Crippen LogP contribution < -0.4 is 25.8 Å². The van der Waals surface area contributed by atoms with Gasteiger partial charge in [-0.2, -0.15) is 4.98 Å². The van der Waals surface area contributed by atoms with E-state index in [9.17, 15) is 5.11 Å². The summed E-state index contributed by atoms with van der Waals surface area (Å²) >= 11 is 0. The first-order valence-corrected chi connectivity index (χ1v) is 8.70. The van der Waals surface area contributed by atoms with Crippen LogP contribution in [0.2, 0.25) is 0 Å². The van der Waals surface area contributed by atoms with E-state index in [0.717, 1.165) is 37.2 Å². The highest BCUT2D eigenvalue weighted by Gasteiger charge is 2.16. The van der Waals surface area contributed by atoms with Crippen molar-refractivity contribution in [3.63, 3.8) is 0 Å². The normalized spacial score (nSPS) is 14.8. The summed E-state index contributed by atoms with van der Waals surface area (Å²) < 4.78 is 10.8. The van der Waals surface area contributed by atoms with E-state index in [2.05, 4.69) is 20.6 Å². The van der Waals surface area contributed by atoms with E-state index in [1.807, 2.05) is 18.2 Å². The number of aliphatic hydroxyl groups excluding tert-OH is 1. The van der Waals surface area contributed by atoms with Crippen LogP contribution in [-0.2, 0) is 12.8 Å². The van der Waals surface area contributed by atoms with Crippen molar-refractivity contribution >= 4 is 11.8 Å². The summed E-state index contributed by atoms with van der Waals surface area (Å²) in [5.74, 6) is 2.30. The highest BCUT2D eigenvalue weighted by atomic mass is 16.5. The number of anilines is 2. The number of benzene rings is 1. The second-order valence-electron chi connectivity index (χ2n) is 6.13. The summed E-state index contributed by atoms with van der Waals surface area (Å²) in [6.45, 7) is 2.21. The van der Waals surface area contributed by atoms with Gasteiger partial charge in [-0.15, -0.1) is 0 Å². The maximum Gasteiger partial charge on any atom is 0.222 e. The molecule has 140 valence electrons. The number of rotatable bonds is 7. The number of aromatic nitrogens is 2. The molecule has 1 aliphatic heterocycles. The molecule has 1 atom stereocenters. The largest absolute Gasteiger partial charge is 0.497 e. The van der Waals surface area contributed by atoms with E-state index < -0.39 is 6.10 Å². The van der Waals surface area contributed by atoms with Gasteiger partial charge in [-0.05, 0) is 25.1 Å². The zero-order valence-corrected chi connectivity index (χ0v) is 14.9. The van der Waals surface area contributed by atoms with Gasteiger partial charge in [-0.3, -0.25) is 0 Å². The number of hydrogen-bond acceptors (Lipinski definition) is 8. The molecule has 3 rings (SSSR count). The minimum absolute atomic E-state index is 0.157. The molecule has 26 heavy (non-hydrogen) atoms. The number of nitrogens with two attached hydrogens (primary N) is 1. The van der Waals surface area contributed by atoms with Crippen molar-refractivity contribution in [3.8, 4) is 11.5 Å². The van der Waals surface area contributed by atoms with E-state index in [0.29, 0.717) is 23.9 Å². The summed E-state index contributed by atoms with van der Waals surface area (Å²) in [4.78, 5) is 8.64. The number of fused-ring (bicyclic) bond motifs is 1. The van der Waals surface area contributed by atoms with Gasteiger partial charge in [-0.25, -0.2) is 4.98 Å². The lowest BCUT2D eigenvalue weighted by atomic mass is 10.1. The van der Waals surface area contributed by atoms with Crippen LogP contribution in [0, 0.1) is 0 Å². The van der Waals surface area contributed by atoms with Crippen molar-refractivity contribution in [3.05, 3.63) is 35.5 Å². The lowest BCUT2D eigenvalue weighted by molar-refractivity contribution is 0.117. The second-order valence-corrected chi connectivity index (χ2v) is 6.13. The molecule has 0 unspecified atom stereocenters. The predicted octanol–water partition coefficient (Wildman–Crippen LogP) is 0.607. The first-order chi connectivity index (χ1) is 12.7. The van der Waals surface area contributed by atoms with Gasteiger partial charge in [-0.1, -0.05) is 6.07 Å². The predicted molar refractivity (Wildman–Crippen MR) is 99.7 cm³/mol. The van der Waals surface area contributed by atoms with Crippen LogP contribution in [-0.4, -0.2) is 54.5 Å². The van der Waals surface area contributed by atoms with Crippen molar-refractivity contribution in [1.82, 2.24) is 15.3 Å². The summed E-state index contributed by atoms with van der Waals surface area (Å²) in [5, 5.41) is 16.7. The molecule has 0 radical (unpaired) electrons. The highest BCUT2D eigenvalue weighted by Crippen LogP contribution is 2.21. The summed E-state index contributed by atoms with van der Waals surface area (Å²) in [5.41, 5.74) is 7.85. The Bertz CT molecular complexity index is 741. The molecular formula is C18H25N5O3. The quantitative estimate of drug-likeness (QED) is 0.568. The van der Waals surface area contributed by atoms with Gasteiger partial charge in [0.2, 0.25) is 5.95 Å². The van der Waals surface area contributed by atoms with Crippen LogP contribution in [0.25, 0.3) is 0 Å². The number of nitrogens with one attached hydrogen (secondary N) is 2. The fourth-order valence-corrected chi connectivity index (χ4v) is 2.87. The van der Waals surface area contributed by atoms with E-state index in [-0.39, 0.29) is 12.6 Å². The molecule has 8 heteroatoms. The number of aliphatic hydroxyl groups is 1. The zero-order chi connectivity index (χ0) is 18.4. The topological polar surface area (TPSA) is 115 Å². The van der Waals surface area contributed by atoms with E-state index in [1.165, 1.54) is 0 Å². The monoisotopic (exact) mass is 359 g/mol. The van der Waals surface area contributed by atoms with Crippen molar-refractivity contribution in [2.45, 2.75) is 18.9 Å². The van der Waals surface area contributed by atoms with Gasteiger partial charge in [0.05, 0.1) is 12.8 Å². The smallest absolute Gasteiger partial charge is 0.222 e. The van der Waals surface area contributed by atoms with Gasteiger partial charge in [0, 0.05) is 31.1 Å². The fraction of sp³-hybridized carbons (Fsp3) is 0.444. The maximum atomic E-state index is 10.2. The summed E-state index contributed by atoms with van der Waals surface area (Å²) in [6, 6.07) is 7.27. The molecule has 8 nitrogen and oxygen atoms in total. The van der Waals surface area contributed by atoms with Crippen molar-refractivity contribution < 1.29 is 14.6 Å². The third kappa shape index (κ3) is 4.74. The Kier molecular flexibility index (Phi) is 6.08. The molecule has 1 aliphatic rings. The van der Waals surface area contributed by atoms with Gasteiger partial charge < -0.3 is 30.9 Å². The van der Waals surface area contributed by atoms with Gasteiger partial charge in [0.15, 0.2) is 0 Å². The molecule has 0 aliphatic carbocycles. The number of hydrogen-bond donors (Lipinski definition) is 4. The highest BCUT2D eigenvalue weighted by molar-refractivity contribution is 5.50. The molecule has 0 saturated heterocycles. The Morgan fingerprint density at radius 3 is 2.92 bits per heavy atom. The van der Waals surface area contributed by atoms with Crippen molar-refractivity contribution in [2.75, 3.05) is 44.4 Å². The van der Waals surface area contributed by atoms with Crippen LogP contribution >= 0.6 is 0 Å². The zero-order valence-electron chi connectivity index (χ0n) is 14.9. The minimum atomic E-state index is -0.697. The molecule has 5 N–H and O–H groups in total. The standard InChI is InChI=1S/C18H25N5O3/c1-25-13-3-2-4-14(9-13)26-11-12(24)10-21-17-15-5-7-20-8-6-16(15)22-18(19)23-17/h2-4,9,12,20,24H,5-8,10-11H2,1H3,(H3,19,21,22,23)/t12-/m0/s1. The number of methoxy groups -OCH3 is 1. The lowest BCUT2D eigenvalue weighted by Crippen LogP contribution is -2.27. The van der Waals surface area contributed by atoms with E-state index >= 15 is 0 Å². The van der Waals surface area contributed by atoms with Gasteiger partial charge in [0.1, 0.15) is 30.0 Å². The molecule has 0 bridgehead atoms. The molecule has 2 aromatic rings. The van der Waals surface area contributed by atoms with E-state index in [4.69, 9.17) is 15.2 Å². The third-order valence-corrected chi connectivity index (χ3v) is 4.19. The third-order valence-electron chi connectivity index (χ3n) is 4.19. The van der Waals surface area contributed by atoms with Crippen LogP contribution in [0.4, 0.5) is 11.8 Å². The Labute approximate surface area is 152 Å². The first kappa shape index (κ1) is 18.2. The molecular weight excluding hydrogens is 334 g/mol. The van der Waals surface area contributed by atoms with E-state index in [1.54, 1.807) is 13.2 Å². The van der Waals surface area contributed by atoms with Crippen molar-refractivity contribution in [1.29, 1.82) is 0 Å². The average molecular weight is 359 g/mol. The SMILES string of the molecule is COc1cccc(OC[C@@H](O)CNc2nc(N)nc3c2CCNCC3)c1. The lowest BCUT2D eigenvalue weighted by Gasteiger charge is -2.17. The fourth-order valence-electron chi connectivity index (χ4n) is 2.87. The number of nitrogen functional groups attached to an aromatic ring is 1. The van der Waals surface area contributed by atoms with Crippen LogP contribution in [0.3, 0.4) is 0 Å². The molecule has 0 saturated carbocycles. The average Bonchev–Trinajstić information content (AvgIpc) is 2.90. The Morgan fingerprint density at radius 2 is 2.08 bits per heavy atom. The number of nitrogens with zero attached hydrogens (tertiary/aromatic N) is 2. The molecule has 1 aromatic carbocycles. The number of ether oxygens (including phenoxy) is 2. The molecule has 0 spiro atoms. The second kappa shape index (κ2) is 8.68. The Balaban J connectivity index is 1.57. The van der Waals surface area contributed by atoms with Crippen LogP contribution in [0.5, 0.6) is 11.5 Å². The van der Waals surface area contributed by atoms with Gasteiger partial charge in [0.25, 0.3) is 0 Å². The summed E-state index contributed by atoms with van der Waals surface area (Å²) in [6.07, 6.45) is 0.948. The molecule has 2 heterocycles. The van der Waals surface area contributed by atoms with Gasteiger partial charge >= 0.3 is 0 Å². The maximum absolute atomic E-state index is 10.2. The molecule has 0 fully saturated rings. The van der Waals surface area contributed by atoms with Crippen molar-refractivity contribution in [2.24, 2.45) is 0 Å². The van der Waals surface area contributed by atoms with Crippen LogP contribution in [0.15, 0.2) is 24.3 Å². The Hall–Kier alpha value is -2.58. The molecule has 1 aromatic heterocycles. The van der Waals surface area contributed by atoms with Crippen LogP contribution in [0.1, 0.15) is 11.3 Å². The first-order valence-electron chi connectivity index (χ1n) is 8.70. The Morgan fingerprint density at radius 1 is 1.27 bits per heavy atom. The molecule has 0 amide bonds. The minimum Gasteiger partial charge on any atom is -0.497 e.